The van der Waals surface area contributed by atoms with Crippen LogP contribution in [-0.2, 0) is 4.79 Å². The highest BCUT2D eigenvalue weighted by Crippen LogP contribution is 2.28. The van der Waals surface area contributed by atoms with Gasteiger partial charge in [-0.3, -0.25) is 9.59 Å². The number of carbonyl (C=O) groups is 2. The van der Waals surface area contributed by atoms with E-state index in [0.29, 0.717) is 29.4 Å². The minimum absolute atomic E-state index is 0.116. The highest BCUT2D eigenvalue weighted by Gasteiger charge is 2.12. The lowest BCUT2D eigenvalue weighted by atomic mass is 10.2. The van der Waals surface area contributed by atoms with E-state index >= 15 is 0 Å². The summed E-state index contributed by atoms with van der Waals surface area (Å²) in [6.07, 6.45) is 2.09. The first-order chi connectivity index (χ1) is 17.0. The average molecular weight is 495 g/mol. The highest BCUT2D eigenvalue weighted by molar-refractivity contribution is 8.00. The summed E-state index contributed by atoms with van der Waals surface area (Å²) in [6.45, 7) is 2.80. The lowest BCUT2D eigenvalue weighted by molar-refractivity contribution is -0.113. The number of anilines is 2. The Morgan fingerprint density at radius 1 is 0.857 bits per heavy atom. The first kappa shape index (κ1) is 26.0. The minimum Gasteiger partial charge on any atom is -0.494 e. The number of ether oxygens (including phenoxy) is 3. The maximum absolute atomic E-state index is 12.7. The SMILES string of the molecule is CCCCOc1ccc(NC(=O)CSc2cccc(NC(=O)c3ccc(OC)c(OC)c3)c2)cc1. The van der Waals surface area contributed by atoms with Gasteiger partial charge in [-0.05, 0) is 67.1 Å². The van der Waals surface area contributed by atoms with E-state index in [-0.39, 0.29) is 17.6 Å². The average Bonchev–Trinajstić information content (AvgIpc) is 2.88. The first-order valence-electron chi connectivity index (χ1n) is 11.3. The molecule has 0 aliphatic heterocycles. The fraction of sp³-hybridized carbons (Fsp3) is 0.259. The summed E-state index contributed by atoms with van der Waals surface area (Å²) < 4.78 is 16.1. The Morgan fingerprint density at radius 2 is 1.63 bits per heavy atom. The summed E-state index contributed by atoms with van der Waals surface area (Å²) >= 11 is 1.39. The van der Waals surface area contributed by atoms with Crippen LogP contribution in [0.4, 0.5) is 11.4 Å². The molecule has 0 saturated carbocycles. The van der Waals surface area contributed by atoms with E-state index in [1.165, 1.54) is 18.9 Å². The molecule has 2 amide bonds. The fourth-order valence-corrected chi connectivity index (χ4v) is 3.91. The van der Waals surface area contributed by atoms with Crippen molar-refractivity contribution < 1.29 is 23.8 Å². The quantitative estimate of drug-likeness (QED) is 0.242. The van der Waals surface area contributed by atoms with Crippen molar-refractivity contribution in [2.45, 2.75) is 24.7 Å². The van der Waals surface area contributed by atoms with Gasteiger partial charge in [0.15, 0.2) is 11.5 Å². The van der Waals surface area contributed by atoms with E-state index in [1.54, 1.807) is 31.4 Å². The summed E-state index contributed by atoms with van der Waals surface area (Å²) in [5.41, 5.74) is 1.80. The number of amides is 2. The zero-order chi connectivity index (χ0) is 25.0. The molecule has 184 valence electrons. The maximum Gasteiger partial charge on any atom is 0.255 e. The van der Waals surface area contributed by atoms with Gasteiger partial charge in [0.2, 0.25) is 5.91 Å². The Labute approximate surface area is 210 Å². The highest BCUT2D eigenvalue weighted by atomic mass is 32.2. The van der Waals surface area contributed by atoms with Gasteiger partial charge >= 0.3 is 0 Å². The van der Waals surface area contributed by atoms with Gasteiger partial charge in [-0.25, -0.2) is 0 Å². The van der Waals surface area contributed by atoms with E-state index < -0.39 is 0 Å². The molecule has 0 spiro atoms. The van der Waals surface area contributed by atoms with Gasteiger partial charge in [-0.15, -0.1) is 11.8 Å². The van der Waals surface area contributed by atoms with Crippen molar-refractivity contribution in [3.05, 3.63) is 72.3 Å². The number of hydrogen-bond acceptors (Lipinski definition) is 6. The van der Waals surface area contributed by atoms with E-state index in [2.05, 4.69) is 17.6 Å². The molecular formula is C27H30N2O5S. The number of thioether (sulfide) groups is 1. The molecule has 3 aromatic carbocycles. The lowest BCUT2D eigenvalue weighted by Gasteiger charge is -2.11. The molecule has 0 unspecified atom stereocenters. The number of nitrogens with one attached hydrogen (secondary N) is 2. The molecule has 0 bridgehead atoms. The van der Waals surface area contributed by atoms with Crippen molar-refractivity contribution in [3.8, 4) is 17.2 Å². The van der Waals surface area contributed by atoms with Gasteiger partial charge in [0, 0.05) is 21.8 Å². The van der Waals surface area contributed by atoms with Crippen LogP contribution in [0.2, 0.25) is 0 Å². The van der Waals surface area contributed by atoms with Crippen molar-refractivity contribution in [3.63, 3.8) is 0 Å². The second-order valence-electron chi connectivity index (χ2n) is 7.61. The van der Waals surface area contributed by atoms with E-state index in [4.69, 9.17) is 14.2 Å². The third-order valence-electron chi connectivity index (χ3n) is 5.01. The predicted molar refractivity (Wildman–Crippen MR) is 140 cm³/mol. The summed E-state index contributed by atoms with van der Waals surface area (Å²) in [5, 5.41) is 5.77. The molecule has 0 aromatic heterocycles. The van der Waals surface area contributed by atoms with Crippen LogP contribution in [-0.4, -0.2) is 38.4 Å². The largest absolute Gasteiger partial charge is 0.494 e. The number of carbonyl (C=O) groups excluding carboxylic acids is 2. The smallest absolute Gasteiger partial charge is 0.255 e. The maximum atomic E-state index is 12.7. The molecule has 0 atom stereocenters. The molecule has 3 aromatic rings. The molecule has 0 saturated heterocycles. The zero-order valence-corrected chi connectivity index (χ0v) is 20.9. The van der Waals surface area contributed by atoms with Gasteiger partial charge in [0.05, 0.1) is 26.6 Å². The summed E-state index contributed by atoms with van der Waals surface area (Å²) in [6, 6.07) is 19.7. The van der Waals surface area contributed by atoms with Crippen molar-refractivity contribution in [1.82, 2.24) is 0 Å². The van der Waals surface area contributed by atoms with Crippen molar-refractivity contribution >= 4 is 35.0 Å². The molecule has 0 radical (unpaired) electrons. The second-order valence-corrected chi connectivity index (χ2v) is 8.66. The van der Waals surface area contributed by atoms with Crippen LogP contribution in [0, 0.1) is 0 Å². The summed E-state index contributed by atoms with van der Waals surface area (Å²) in [7, 11) is 3.07. The molecule has 2 N–H and O–H groups in total. The molecule has 0 fully saturated rings. The van der Waals surface area contributed by atoms with Crippen LogP contribution in [0.1, 0.15) is 30.1 Å². The second kappa shape index (κ2) is 13.3. The lowest BCUT2D eigenvalue weighted by Crippen LogP contribution is -2.14. The van der Waals surface area contributed by atoms with Gasteiger partial charge in [-0.1, -0.05) is 19.4 Å². The van der Waals surface area contributed by atoms with Gasteiger partial charge in [-0.2, -0.15) is 0 Å². The molecule has 8 heteroatoms. The van der Waals surface area contributed by atoms with Crippen LogP contribution >= 0.6 is 11.8 Å². The monoisotopic (exact) mass is 494 g/mol. The number of methoxy groups -OCH3 is 2. The topological polar surface area (TPSA) is 85.9 Å². The number of rotatable bonds is 12. The van der Waals surface area contributed by atoms with Gasteiger partial charge in [0.25, 0.3) is 5.91 Å². The first-order valence-corrected chi connectivity index (χ1v) is 12.3. The Hall–Kier alpha value is -3.65. The Morgan fingerprint density at radius 3 is 2.34 bits per heavy atom. The Balaban J connectivity index is 1.52. The number of hydrogen-bond donors (Lipinski definition) is 2. The van der Waals surface area contributed by atoms with Gasteiger partial charge < -0.3 is 24.8 Å². The van der Waals surface area contributed by atoms with E-state index in [1.807, 2.05) is 42.5 Å². The molecular weight excluding hydrogens is 464 g/mol. The van der Waals surface area contributed by atoms with E-state index in [9.17, 15) is 9.59 Å². The Kier molecular flexibility index (Phi) is 9.86. The number of unbranched alkanes of at least 4 members (excludes halogenated alkanes) is 1. The zero-order valence-electron chi connectivity index (χ0n) is 20.1. The normalized spacial score (nSPS) is 10.4. The van der Waals surface area contributed by atoms with Crippen LogP contribution < -0.4 is 24.8 Å². The summed E-state index contributed by atoms with van der Waals surface area (Å²) in [5.74, 6) is 1.67. The van der Waals surface area contributed by atoms with E-state index in [0.717, 1.165) is 29.2 Å². The predicted octanol–water partition coefficient (Wildman–Crippen LogP) is 5.87. The van der Waals surface area contributed by atoms with Crippen molar-refractivity contribution in [2.75, 3.05) is 37.2 Å². The van der Waals surface area contributed by atoms with Crippen LogP contribution in [0.25, 0.3) is 0 Å². The molecule has 3 rings (SSSR count). The molecule has 0 heterocycles. The molecule has 7 nitrogen and oxygen atoms in total. The molecule has 0 aliphatic rings. The summed E-state index contributed by atoms with van der Waals surface area (Å²) in [4.78, 5) is 25.9. The molecule has 35 heavy (non-hydrogen) atoms. The third-order valence-corrected chi connectivity index (χ3v) is 6.01. The third kappa shape index (κ3) is 7.96. The fourth-order valence-electron chi connectivity index (χ4n) is 3.16. The van der Waals surface area contributed by atoms with Crippen LogP contribution in [0.3, 0.4) is 0 Å². The van der Waals surface area contributed by atoms with Crippen LogP contribution in [0.15, 0.2) is 71.6 Å². The van der Waals surface area contributed by atoms with Crippen molar-refractivity contribution in [2.24, 2.45) is 0 Å². The van der Waals surface area contributed by atoms with Gasteiger partial charge in [0.1, 0.15) is 5.75 Å². The Bertz CT molecular complexity index is 1130. The standard InChI is InChI=1S/C27H30N2O5S/c1-4-5-15-34-22-12-10-20(11-13-22)28-26(30)18-35-23-8-6-7-21(17-23)29-27(31)19-9-14-24(32-2)25(16-19)33-3/h6-14,16-17H,4-5,15,18H2,1-3H3,(H,28,30)(H,29,31). The number of benzene rings is 3. The molecule has 0 aliphatic carbocycles. The van der Waals surface area contributed by atoms with Crippen LogP contribution in [0.5, 0.6) is 17.2 Å². The van der Waals surface area contributed by atoms with Crippen molar-refractivity contribution in [1.29, 1.82) is 0 Å². The minimum atomic E-state index is -0.270.